The van der Waals surface area contributed by atoms with Crippen LogP contribution in [0.4, 0.5) is 5.00 Å². The zero-order chi connectivity index (χ0) is 29.0. The number of amides is 2. The molecule has 0 saturated heterocycles. The SMILES string of the molecule is CCOC(=O)Cn1c(=NC(=O)CS(=O)(=O)CC(=O)Nc2sc3c(c2C(=O)OCC)CCC3)sc2cc(C)ccc21. The molecule has 0 spiro atoms. The third-order valence-corrected chi connectivity index (χ3v) is 9.64. The summed E-state index contributed by atoms with van der Waals surface area (Å²) in [5.41, 5.74) is 2.70. The third-order valence-electron chi connectivity index (χ3n) is 6.00. The summed E-state index contributed by atoms with van der Waals surface area (Å²) < 4.78 is 37.9. The van der Waals surface area contributed by atoms with E-state index in [0.717, 1.165) is 44.9 Å². The number of aryl methyl sites for hydroxylation is 2. The van der Waals surface area contributed by atoms with Gasteiger partial charge >= 0.3 is 11.9 Å². The fourth-order valence-corrected chi connectivity index (χ4v) is 7.86. The first-order valence-corrected chi connectivity index (χ1v) is 16.1. The number of ether oxygens (including phenoxy) is 2. The van der Waals surface area contributed by atoms with E-state index < -0.39 is 45.1 Å². The van der Waals surface area contributed by atoms with Crippen LogP contribution in [-0.4, -0.2) is 61.5 Å². The summed E-state index contributed by atoms with van der Waals surface area (Å²) in [6.45, 7) is 5.39. The molecule has 2 heterocycles. The fraction of sp³-hybridized carbons (Fsp3) is 0.423. The normalized spacial score (nSPS) is 13.3. The summed E-state index contributed by atoms with van der Waals surface area (Å²) in [6, 6.07) is 5.51. The number of carbonyl (C=O) groups is 4. The topological polar surface area (TPSA) is 150 Å². The molecule has 0 bridgehead atoms. The van der Waals surface area contributed by atoms with E-state index in [-0.39, 0.29) is 35.1 Å². The first kappa shape index (κ1) is 29.6. The molecule has 0 aliphatic heterocycles. The molecule has 1 aromatic carbocycles. The Hall–Kier alpha value is -3.36. The molecule has 214 valence electrons. The van der Waals surface area contributed by atoms with E-state index in [1.54, 1.807) is 19.9 Å². The van der Waals surface area contributed by atoms with Crippen LogP contribution in [0.15, 0.2) is 23.2 Å². The van der Waals surface area contributed by atoms with Gasteiger partial charge in [0, 0.05) is 4.88 Å². The van der Waals surface area contributed by atoms with Gasteiger partial charge in [-0.3, -0.25) is 14.4 Å². The molecule has 3 aromatic rings. The van der Waals surface area contributed by atoms with Crippen molar-refractivity contribution >= 4 is 71.5 Å². The Morgan fingerprint density at radius 1 is 1.05 bits per heavy atom. The quantitative estimate of drug-likeness (QED) is 0.346. The summed E-state index contributed by atoms with van der Waals surface area (Å²) in [6.07, 6.45) is 2.34. The maximum Gasteiger partial charge on any atom is 0.341 e. The Morgan fingerprint density at radius 2 is 1.80 bits per heavy atom. The lowest BCUT2D eigenvalue weighted by Crippen LogP contribution is -2.29. The molecule has 0 unspecified atom stereocenters. The number of benzene rings is 1. The molecule has 0 atom stereocenters. The van der Waals surface area contributed by atoms with Gasteiger partial charge in [-0.2, -0.15) is 4.99 Å². The average Bonchev–Trinajstić information content (AvgIpc) is 3.51. The molecule has 4 rings (SSSR count). The number of anilines is 1. The minimum Gasteiger partial charge on any atom is -0.465 e. The number of fused-ring (bicyclic) bond motifs is 2. The van der Waals surface area contributed by atoms with Crippen LogP contribution in [0.25, 0.3) is 10.2 Å². The van der Waals surface area contributed by atoms with Gasteiger partial charge in [-0.25, -0.2) is 13.2 Å². The smallest absolute Gasteiger partial charge is 0.341 e. The van der Waals surface area contributed by atoms with E-state index in [2.05, 4.69) is 10.3 Å². The van der Waals surface area contributed by atoms with Gasteiger partial charge in [0.15, 0.2) is 14.6 Å². The molecule has 2 amide bonds. The number of esters is 2. The predicted molar refractivity (Wildman–Crippen MR) is 151 cm³/mol. The molecule has 1 aliphatic rings. The summed E-state index contributed by atoms with van der Waals surface area (Å²) in [4.78, 5) is 55.2. The zero-order valence-electron chi connectivity index (χ0n) is 22.3. The van der Waals surface area contributed by atoms with Crippen LogP contribution >= 0.6 is 22.7 Å². The van der Waals surface area contributed by atoms with Crippen LogP contribution in [0.1, 0.15) is 46.6 Å². The van der Waals surface area contributed by atoms with Crippen molar-refractivity contribution in [2.75, 3.05) is 30.0 Å². The standard InChI is InChI=1S/C26H29N3O8S3/c1-4-36-22(32)12-29-17-10-9-15(3)11-19(17)39-26(29)28-21(31)14-40(34,35)13-20(30)27-24-23(25(33)37-5-2)16-7-6-8-18(16)38-24/h9-11H,4-8,12-14H2,1-3H3,(H,27,30). The number of aromatic nitrogens is 1. The molecule has 2 aromatic heterocycles. The number of sulfone groups is 1. The molecular formula is C26H29N3O8S3. The van der Waals surface area contributed by atoms with Crippen molar-refractivity contribution in [1.82, 2.24) is 4.57 Å². The van der Waals surface area contributed by atoms with E-state index in [1.807, 2.05) is 19.1 Å². The Balaban J connectivity index is 1.51. The van der Waals surface area contributed by atoms with Crippen molar-refractivity contribution < 1.29 is 37.1 Å². The minimum atomic E-state index is -4.20. The lowest BCUT2D eigenvalue weighted by Gasteiger charge is -2.08. The third kappa shape index (κ3) is 6.85. The van der Waals surface area contributed by atoms with Crippen LogP contribution in [0.5, 0.6) is 0 Å². The number of hydrogen-bond acceptors (Lipinski definition) is 10. The van der Waals surface area contributed by atoms with Crippen molar-refractivity contribution in [3.05, 3.63) is 44.6 Å². The number of nitrogens with one attached hydrogen (secondary N) is 1. The monoisotopic (exact) mass is 607 g/mol. The Bertz CT molecular complexity index is 1660. The molecule has 11 nitrogen and oxygen atoms in total. The highest BCUT2D eigenvalue weighted by Crippen LogP contribution is 2.39. The second-order valence-corrected chi connectivity index (χ2v) is 13.3. The van der Waals surface area contributed by atoms with Crippen LogP contribution in [0.3, 0.4) is 0 Å². The van der Waals surface area contributed by atoms with Gasteiger partial charge in [0.1, 0.15) is 23.1 Å². The van der Waals surface area contributed by atoms with Crippen molar-refractivity contribution in [2.24, 2.45) is 4.99 Å². The fourth-order valence-electron chi connectivity index (χ4n) is 4.41. The molecule has 0 fully saturated rings. The first-order valence-electron chi connectivity index (χ1n) is 12.7. The Morgan fingerprint density at radius 3 is 2.52 bits per heavy atom. The molecular weight excluding hydrogens is 579 g/mol. The maximum atomic E-state index is 12.7. The largest absolute Gasteiger partial charge is 0.465 e. The van der Waals surface area contributed by atoms with Crippen LogP contribution < -0.4 is 10.1 Å². The highest BCUT2D eigenvalue weighted by atomic mass is 32.2. The lowest BCUT2D eigenvalue weighted by molar-refractivity contribution is -0.143. The van der Waals surface area contributed by atoms with Crippen LogP contribution in [-0.2, 0) is 53.1 Å². The lowest BCUT2D eigenvalue weighted by atomic mass is 10.1. The van der Waals surface area contributed by atoms with E-state index in [4.69, 9.17) is 9.47 Å². The summed E-state index contributed by atoms with van der Waals surface area (Å²) in [5, 5.41) is 2.78. The number of nitrogens with zero attached hydrogens (tertiary/aromatic N) is 2. The summed E-state index contributed by atoms with van der Waals surface area (Å²) >= 11 is 2.37. The van der Waals surface area contributed by atoms with E-state index >= 15 is 0 Å². The van der Waals surface area contributed by atoms with Crippen LogP contribution in [0, 0.1) is 6.92 Å². The number of thiazole rings is 1. The summed E-state index contributed by atoms with van der Waals surface area (Å²) in [5.74, 6) is -4.90. The average molecular weight is 608 g/mol. The van der Waals surface area contributed by atoms with Crippen molar-refractivity contribution in [2.45, 2.75) is 46.6 Å². The van der Waals surface area contributed by atoms with Gasteiger partial charge in [0.25, 0.3) is 5.91 Å². The maximum absolute atomic E-state index is 12.7. The molecule has 0 saturated carbocycles. The van der Waals surface area contributed by atoms with Gasteiger partial charge in [-0.1, -0.05) is 17.4 Å². The van der Waals surface area contributed by atoms with Gasteiger partial charge in [0.05, 0.1) is 29.0 Å². The molecule has 1 aliphatic carbocycles. The highest BCUT2D eigenvalue weighted by molar-refractivity contribution is 7.92. The zero-order valence-corrected chi connectivity index (χ0v) is 24.7. The highest BCUT2D eigenvalue weighted by Gasteiger charge is 2.29. The summed E-state index contributed by atoms with van der Waals surface area (Å²) in [7, 11) is -4.20. The second kappa shape index (κ2) is 12.4. The van der Waals surface area contributed by atoms with E-state index in [9.17, 15) is 27.6 Å². The minimum absolute atomic E-state index is 0.144. The van der Waals surface area contributed by atoms with E-state index in [0.29, 0.717) is 11.9 Å². The molecule has 1 N–H and O–H groups in total. The van der Waals surface area contributed by atoms with Gasteiger partial charge in [-0.05, 0) is 63.3 Å². The first-order chi connectivity index (χ1) is 19.0. The second-order valence-electron chi connectivity index (χ2n) is 9.11. The van der Waals surface area contributed by atoms with Crippen molar-refractivity contribution in [3.8, 4) is 0 Å². The van der Waals surface area contributed by atoms with Gasteiger partial charge in [-0.15, -0.1) is 11.3 Å². The Kier molecular flexibility index (Phi) is 9.21. The van der Waals surface area contributed by atoms with Crippen LogP contribution in [0.2, 0.25) is 0 Å². The molecule has 14 heteroatoms. The number of rotatable bonds is 10. The molecule has 40 heavy (non-hydrogen) atoms. The van der Waals surface area contributed by atoms with Crippen molar-refractivity contribution in [1.29, 1.82) is 0 Å². The van der Waals surface area contributed by atoms with Crippen molar-refractivity contribution in [3.63, 3.8) is 0 Å². The van der Waals surface area contributed by atoms with Gasteiger partial charge < -0.3 is 19.4 Å². The molecule has 0 radical (unpaired) electrons. The number of hydrogen-bond donors (Lipinski definition) is 1. The number of thiophene rings is 1. The predicted octanol–water partition coefficient (Wildman–Crippen LogP) is 2.78. The number of carbonyl (C=O) groups excluding carboxylic acids is 4. The van der Waals surface area contributed by atoms with E-state index in [1.165, 1.54) is 15.9 Å². The van der Waals surface area contributed by atoms with Gasteiger partial charge in [0.2, 0.25) is 5.91 Å². The Labute approximate surface area is 238 Å².